The Hall–Kier alpha value is -4.00. The van der Waals surface area contributed by atoms with Crippen LogP contribution in [0.25, 0.3) is 11.0 Å². The number of nitrogens with zero attached hydrogens (tertiary/aromatic N) is 3. The molecule has 2 heterocycles. The van der Waals surface area contributed by atoms with Crippen molar-refractivity contribution < 1.29 is 9.18 Å². The molecule has 0 saturated carbocycles. The van der Waals surface area contributed by atoms with Gasteiger partial charge in [-0.25, -0.2) is 9.37 Å². The predicted octanol–water partition coefficient (Wildman–Crippen LogP) is 4.99. The Morgan fingerprint density at radius 1 is 1.06 bits per heavy atom. The number of aromatic nitrogens is 2. The fourth-order valence-corrected chi connectivity index (χ4v) is 4.08. The molecule has 0 aliphatic rings. The van der Waals surface area contributed by atoms with E-state index in [9.17, 15) is 14.0 Å². The molecule has 0 unspecified atom stereocenters. The van der Waals surface area contributed by atoms with Gasteiger partial charge in [0.05, 0.1) is 6.54 Å². The van der Waals surface area contributed by atoms with Gasteiger partial charge >= 0.3 is 0 Å². The van der Waals surface area contributed by atoms with Gasteiger partial charge in [0, 0.05) is 41.6 Å². The van der Waals surface area contributed by atoms with Gasteiger partial charge in [-0.15, -0.1) is 0 Å². The van der Waals surface area contributed by atoms with E-state index in [1.807, 2.05) is 25.1 Å². The van der Waals surface area contributed by atoms with E-state index in [-0.39, 0.29) is 12.1 Å². The summed E-state index contributed by atoms with van der Waals surface area (Å²) in [6.07, 6.45) is 1.57. The topological polar surface area (TPSA) is 67.2 Å². The van der Waals surface area contributed by atoms with E-state index in [0.717, 1.165) is 24.3 Å². The van der Waals surface area contributed by atoms with Crippen molar-refractivity contribution in [1.29, 1.82) is 0 Å². The molecule has 2 aromatic heterocycles. The maximum Gasteiger partial charge on any atom is 0.265 e. The maximum absolute atomic E-state index is 14.3. The highest BCUT2D eigenvalue weighted by Crippen LogP contribution is 2.23. The summed E-state index contributed by atoms with van der Waals surface area (Å²) in [7, 11) is 0. The first kappa shape index (κ1) is 23.2. The van der Waals surface area contributed by atoms with Crippen molar-refractivity contribution in [2.24, 2.45) is 0 Å². The second kappa shape index (κ2) is 9.87. The molecule has 34 heavy (non-hydrogen) atoms. The van der Waals surface area contributed by atoms with Crippen LogP contribution >= 0.6 is 0 Å². The van der Waals surface area contributed by atoms with E-state index >= 15 is 0 Å². The van der Waals surface area contributed by atoms with Crippen molar-refractivity contribution >= 4 is 28.3 Å². The number of halogens is 1. The van der Waals surface area contributed by atoms with Gasteiger partial charge < -0.3 is 10.2 Å². The summed E-state index contributed by atoms with van der Waals surface area (Å²) < 4.78 is 15.7. The minimum Gasteiger partial charge on any atom is -0.372 e. The van der Waals surface area contributed by atoms with Crippen LogP contribution in [0.15, 0.2) is 71.7 Å². The number of rotatable bonds is 7. The molecule has 0 fully saturated rings. The first-order valence-electron chi connectivity index (χ1n) is 11.3. The van der Waals surface area contributed by atoms with Crippen LogP contribution < -0.4 is 15.8 Å². The summed E-state index contributed by atoms with van der Waals surface area (Å²) in [5.74, 6) is -0.936. The van der Waals surface area contributed by atoms with Gasteiger partial charge in [0.2, 0.25) is 0 Å². The Kier molecular flexibility index (Phi) is 6.72. The third-order valence-corrected chi connectivity index (χ3v) is 5.97. The number of carbonyl (C=O) groups is 1. The van der Waals surface area contributed by atoms with Crippen molar-refractivity contribution in [3.05, 3.63) is 99.7 Å². The zero-order valence-electron chi connectivity index (χ0n) is 19.5. The van der Waals surface area contributed by atoms with Crippen LogP contribution in [-0.2, 0) is 6.54 Å². The van der Waals surface area contributed by atoms with Crippen molar-refractivity contribution in [3.63, 3.8) is 0 Å². The number of benzene rings is 2. The summed E-state index contributed by atoms with van der Waals surface area (Å²) in [6.45, 7) is 7.84. The molecule has 7 heteroatoms. The number of amides is 1. The van der Waals surface area contributed by atoms with Gasteiger partial charge in [-0.1, -0.05) is 18.2 Å². The van der Waals surface area contributed by atoms with Gasteiger partial charge in [0.25, 0.3) is 11.5 Å². The van der Waals surface area contributed by atoms with E-state index in [0.29, 0.717) is 22.3 Å². The van der Waals surface area contributed by atoms with Crippen molar-refractivity contribution in [2.75, 3.05) is 23.3 Å². The van der Waals surface area contributed by atoms with Crippen LogP contribution in [0.1, 0.15) is 35.3 Å². The van der Waals surface area contributed by atoms with Gasteiger partial charge in [-0.05, 0) is 68.8 Å². The third kappa shape index (κ3) is 4.55. The van der Waals surface area contributed by atoms with E-state index in [2.05, 4.69) is 29.0 Å². The van der Waals surface area contributed by atoms with Gasteiger partial charge in [0.1, 0.15) is 17.0 Å². The molecular formula is C27H27FN4O2. The summed E-state index contributed by atoms with van der Waals surface area (Å²) in [5, 5.41) is 3.49. The molecule has 0 atom stereocenters. The Balaban J connectivity index is 1.72. The lowest BCUT2D eigenvalue weighted by Crippen LogP contribution is -2.30. The zero-order valence-corrected chi connectivity index (χ0v) is 19.5. The van der Waals surface area contributed by atoms with Crippen molar-refractivity contribution in [3.8, 4) is 0 Å². The second-order valence-electron chi connectivity index (χ2n) is 8.08. The molecule has 0 aliphatic carbocycles. The fourth-order valence-electron chi connectivity index (χ4n) is 4.08. The number of pyridine rings is 2. The number of hydrogen-bond acceptors (Lipinski definition) is 4. The molecule has 1 N–H and O–H groups in total. The molecule has 0 bridgehead atoms. The number of carbonyl (C=O) groups excluding carboxylic acids is 1. The van der Waals surface area contributed by atoms with Crippen molar-refractivity contribution in [2.45, 2.75) is 27.3 Å². The smallest absolute Gasteiger partial charge is 0.265 e. The molecule has 0 spiro atoms. The summed E-state index contributed by atoms with van der Waals surface area (Å²) in [6, 6.07) is 17.1. The van der Waals surface area contributed by atoms with Crippen LogP contribution in [-0.4, -0.2) is 28.5 Å². The maximum atomic E-state index is 14.3. The fraction of sp³-hybridized carbons (Fsp3) is 0.222. The number of hydrogen-bond donors (Lipinski definition) is 1. The van der Waals surface area contributed by atoms with Crippen LogP contribution in [0.4, 0.5) is 15.8 Å². The number of anilines is 2. The highest BCUT2D eigenvalue weighted by molar-refractivity contribution is 6.06. The van der Waals surface area contributed by atoms with Crippen LogP contribution in [0.5, 0.6) is 0 Å². The predicted molar refractivity (Wildman–Crippen MR) is 134 cm³/mol. The lowest BCUT2D eigenvalue weighted by molar-refractivity contribution is 0.102. The average molecular weight is 459 g/mol. The standard InChI is InChI=1S/C27H27FN4O2/c1-4-31(5-2)21-12-13-24(18(3)15-21)30-26(33)22-16-19-10-8-14-29-25(19)32(27(22)34)17-20-9-6-7-11-23(20)28/h6-16H,4-5,17H2,1-3H3,(H,30,33). The minimum absolute atomic E-state index is 0.0240. The molecular weight excluding hydrogens is 431 g/mol. The summed E-state index contributed by atoms with van der Waals surface area (Å²) in [5.41, 5.74) is 2.79. The Bertz CT molecular complexity index is 1410. The third-order valence-electron chi connectivity index (χ3n) is 5.97. The van der Waals surface area contributed by atoms with Crippen LogP contribution in [0, 0.1) is 12.7 Å². The quantitative estimate of drug-likeness (QED) is 0.424. The Morgan fingerprint density at radius 2 is 1.82 bits per heavy atom. The van der Waals surface area contributed by atoms with E-state index in [1.54, 1.807) is 36.5 Å². The SMILES string of the molecule is CCN(CC)c1ccc(NC(=O)c2cc3cccnc3n(Cc3ccccc3F)c2=O)c(C)c1. The highest BCUT2D eigenvalue weighted by Gasteiger charge is 2.18. The van der Waals surface area contributed by atoms with E-state index < -0.39 is 17.3 Å². The Morgan fingerprint density at radius 3 is 2.53 bits per heavy atom. The highest BCUT2D eigenvalue weighted by atomic mass is 19.1. The Labute approximate surface area is 197 Å². The molecule has 6 nitrogen and oxygen atoms in total. The van der Waals surface area contributed by atoms with Crippen molar-refractivity contribution in [1.82, 2.24) is 9.55 Å². The largest absolute Gasteiger partial charge is 0.372 e. The lowest BCUT2D eigenvalue weighted by Gasteiger charge is -2.22. The monoisotopic (exact) mass is 458 g/mol. The van der Waals surface area contributed by atoms with Crippen LogP contribution in [0.2, 0.25) is 0 Å². The van der Waals surface area contributed by atoms with Gasteiger partial charge in [0.15, 0.2) is 0 Å². The molecule has 0 radical (unpaired) electrons. The normalized spacial score (nSPS) is 10.9. The summed E-state index contributed by atoms with van der Waals surface area (Å²) >= 11 is 0. The number of nitrogens with one attached hydrogen (secondary N) is 1. The van der Waals surface area contributed by atoms with E-state index in [1.165, 1.54) is 16.7 Å². The van der Waals surface area contributed by atoms with Crippen LogP contribution in [0.3, 0.4) is 0 Å². The molecule has 4 rings (SSSR count). The molecule has 4 aromatic rings. The van der Waals surface area contributed by atoms with Gasteiger partial charge in [-0.3, -0.25) is 14.2 Å². The van der Waals surface area contributed by atoms with E-state index in [4.69, 9.17) is 0 Å². The summed E-state index contributed by atoms with van der Waals surface area (Å²) in [4.78, 5) is 33.1. The zero-order chi connectivity index (χ0) is 24.2. The first-order valence-corrected chi connectivity index (χ1v) is 11.3. The molecule has 1 amide bonds. The minimum atomic E-state index is -0.524. The molecule has 0 aliphatic heterocycles. The molecule has 2 aromatic carbocycles. The number of aryl methyl sites for hydroxylation is 1. The van der Waals surface area contributed by atoms with Gasteiger partial charge in [-0.2, -0.15) is 0 Å². The molecule has 0 saturated heterocycles. The molecule has 174 valence electrons. The lowest BCUT2D eigenvalue weighted by atomic mass is 10.1. The number of fused-ring (bicyclic) bond motifs is 1. The average Bonchev–Trinajstić information content (AvgIpc) is 2.84. The second-order valence-corrected chi connectivity index (χ2v) is 8.08. The first-order chi connectivity index (χ1) is 16.4.